The number of nitrogens with one attached hydrogen (secondary N) is 1. The van der Waals surface area contributed by atoms with E-state index in [1.165, 1.54) is 26.4 Å². The molecule has 0 unspecified atom stereocenters. The second kappa shape index (κ2) is 7.10. The Kier molecular flexibility index (Phi) is 4.70. The van der Waals surface area contributed by atoms with Gasteiger partial charge in [0.25, 0.3) is 11.8 Å². The third-order valence-electron chi connectivity index (χ3n) is 3.85. The van der Waals surface area contributed by atoms with Crippen LogP contribution in [0.2, 0.25) is 0 Å². The number of benzene rings is 2. The van der Waals surface area contributed by atoms with Gasteiger partial charge in [0.2, 0.25) is 0 Å². The molecule has 7 heteroatoms. The van der Waals surface area contributed by atoms with Crippen molar-refractivity contribution in [2.75, 3.05) is 19.1 Å². The van der Waals surface area contributed by atoms with E-state index in [-0.39, 0.29) is 5.57 Å². The Hall–Kier alpha value is -3.61. The molecule has 0 aliphatic carbocycles. The van der Waals surface area contributed by atoms with E-state index < -0.39 is 17.8 Å². The quantitative estimate of drug-likeness (QED) is 0.674. The van der Waals surface area contributed by atoms with Gasteiger partial charge in [-0.15, -0.1) is 0 Å². The number of barbiturate groups is 1. The molecule has 0 bridgehead atoms. The highest BCUT2D eigenvalue weighted by Gasteiger charge is 2.37. The summed E-state index contributed by atoms with van der Waals surface area (Å²) in [7, 11) is 2.97. The van der Waals surface area contributed by atoms with Crippen LogP contribution in [0.1, 0.15) is 5.56 Å². The number of carbonyl (C=O) groups excluding carboxylic acids is 3. The highest BCUT2D eigenvalue weighted by Crippen LogP contribution is 2.27. The third-order valence-corrected chi connectivity index (χ3v) is 3.85. The fourth-order valence-electron chi connectivity index (χ4n) is 2.58. The van der Waals surface area contributed by atoms with E-state index in [4.69, 9.17) is 9.47 Å². The Labute approximate surface area is 149 Å². The molecule has 1 heterocycles. The zero-order valence-corrected chi connectivity index (χ0v) is 14.2. The molecule has 0 aromatic heterocycles. The van der Waals surface area contributed by atoms with Crippen LogP contribution >= 0.6 is 0 Å². The second-order valence-electron chi connectivity index (χ2n) is 5.40. The van der Waals surface area contributed by atoms with E-state index in [2.05, 4.69) is 5.32 Å². The molecule has 3 rings (SSSR count). The van der Waals surface area contributed by atoms with Crippen LogP contribution in [-0.4, -0.2) is 32.1 Å². The van der Waals surface area contributed by atoms with Crippen molar-refractivity contribution in [1.82, 2.24) is 5.32 Å². The van der Waals surface area contributed by atoms with Crippen molar-refractivity contribution in [2.45, 2.75) is 0 Å². The molecule has 1 N–H and O–H groups in total. The maximum atomic E-state index is 12.8. The number of hydrogen-bond acceptors (Lipinski definition) is 5. The van der Waals surface area contributed by atoms with E-state index >= 15 is 0 Å². The van der Waals surface area contributed by atoms with Gasteiger partial charge in [0.05, 0.1) is 19.9 Å². The molecule has 132 valence electrons. The molecule has 7 nitrogen and oxygen atoms in total. The molecule has 2 aromatic rings. The number of methoxy groups -OCH3 is 2. The number of amides is 4. The van der Waals surface area contributed by atoms with Crippen molar-refractivity contribution in [2.24, 2.45) is 0 Å². The standard InChI is InChI=1S/C19H16N2O5/c1-25-14-8-5-7-13(11-14)21-18(23)15(17(22)20-19(21)24)10-12-6-3-4-9-16(12)26-2/h3-11H,1-2H3,(H,20,22,24)/b15-10-. The van der Waals surface area contributed by atoms with Gasteiger partial charge >= 0.3 is 6.03 Å². The minimum absolute atomic E-state index is 0.170. The van der Waals surface area contributed by atoms with Crippen LogP contribution in [0.15, 0.2) is 54.1 Å². The van der Waals surface area contributed by atoms with Gasteiger partial charge in [-0.25, -0.2) is 9.69 Å². The zero-order chi connectivity index (χ0) is 18.7. The summed E-state index contributed by atoms with van der Waals surface area (Å²) in [6.07, 6.45) is 1.40. The summed E-state index contributed by atoms with van der Waals surface area (Å²) in [5.41, 5.74) is 0.677. The molecule has 1 fully saturated rings. The monoisotopic (exact) mass is 352 g/mol. The predicted octanol–water partition coefficient (Wildman–Crippen LogP) is 2.37. The van der Waals surface area contributed by atoms with Crippen molar-refractivity contribution in [1.29, 1.82) is 0 Å². The smallest absolute Gasteiger partial charge is 0.335 e. The Morgan fingerprint density at radius 3 is 2.46 bits per heavy atom. The van der Waals surface area contributed by atoms with Gasteiger partial charge < -0.3 is 9.47 Å². The molecule has 1 aliphatic heterocycles. The SMILES string of the molecule is COc1cccc(N2C(=O)NC(=O)/C(=C/c3ccccc3OC)C2=O)c1. The lowest BCUT2D eigenvalue weighted by molar-refractivity contribution is -0.122. The predicted molar refractivity (Wildman–Crippen MR) is 95.0 cm³/mol. The lowest BCUT2D eigenvalue weighted by atomic mass is 10.1. The summed E-state index contributed by atoms with van der Waals surface area (Å²) in [4.78, 5) is 38.2. The molecular weight excluding hydrogens is 336 g/mol. The van der Waals surface area contributed by atoms with E-state index in [9.17, 15) is 14.4 Å². The van der Waals surface area contributed by atoms with Crippen LogP contribution in [0.25, 0.3) is 6.08 Å². The zero-order valence-electron chi connectivity index (χ0n) is 14.2. The van der Waals surface area contributed by atoms with Gasteiger partial charge in [-0.3, -0.25) is 14.9 Å². The molecule has 4 amide bonds. The normalized spacial score (nSPS) is 15.8. The van der Waals surface area contributed by atoms with Crippen LogP contribution in [0.3, 0.4) is 0 Å². The first kappa shape index (κ1) is 17.2. The van der Waals surface area contributed by atoms with Gasteiger partial charge in [0, 0.05) is 11.6 Å². The van der Waals surface area contributed by atoms with Crippen molar-refractivity contribution in [3.8, 4) is 11.5 Å². The lowest BCUT2D eigenvalue weighted by Gasteiger charge is -2.26. The maximum absolute atomic E-state index is 12.8. The number of hydrogen-bond donors (Lipinski definition) is 1. The Morgan fingerprint density at radius 1 is 0.962 bits per heavy atom. The van der Waals surface area contributed by atoms with Crippen molar-refractivity contribution >= 4 is 29.6 Å². The van der Waals surface area contributed by atoms with Crippen LogP contribution in [-0.2, 0) is 9.59 Å². The first-order valence-electron chi connectivity index (χ1n) is 7.73. The van der Waals surface area contributed by atoms with Crippen molar-refractivity contribution in [3.63, 3.8) is 0 Å². The van der Waals surface area contributed by atoms with Gasteiger partial charge in [0.1, 0.15) is 17.1 Å². The second-order valence-corrected chi connectivity index (χ2v) is 5.40. The minimum Gasteiger partial charge on any atom is -0.497 e. The Bertz CT molecular complexity index is 920. The molecule has 0 radical (unpaired) electrons. The van der Waals surface area contributed by atoms with Gasteiger partial charge in [0.15, 0.2) is 0 Å². The first-order valence-corrected chi connectivity index (χ1v) is 7.73. The molecular formula is C19H16N2O5. The number of carbonyl (C=O) groups is 3. The number of imide groups is 2. The number of urea groups is 1. The molecule has 0 saturated carbocycles. The number of nitrogens with zero attached hydrogens (tertiary/aromatic N) is 1. The van der Waals surface area contributed by atoms with E-state index in [0.29, 0.717) is 22.7 Å². The first-order chi connectivity index (χ1) is 12.5. The van der Waals surface area contributed by atoms with E-state index in [0.717, 1.165) is 4.90 Å². The van der Waals surface area contributed by atoms with E-state index in [1.54, 1.807) is 42.5 Å². The maximum Gasteiger partial charge on any atom is 0.335 e. The third kappa shape index (κ3) is 3.14. The average molecular weight is 352 g/mol. The molecule has 26 heavy (non-hydrogen) atoms. The minimum atomic E-state index is -0.814. The molecule has 0 spiro atoms. The number of rotatable bonds is 4. The fraction of sp³-hybridized carbons (Fsp3) is 0.105. The van der Waals surface area contributed by atoms with Crippen molar-refractivity contribution < 1.29 is 23.9 Å². The van der Waals surface area contributed by atoms with Gasteiger partial charge in [-0.1, -0.05) is 24.3 Å². The lowest BCUT2D eigenvalue weighted by Crippen LogP contribution is -2.54. The van der Waals surface area contributed by atoms with Crippen LogP contribution in [0, 0.1) is 0 Å². The topological polar surface area (TPSA) is 84.9 Å². The summed E-state index contributed by atoms with van der Waals surface area (Å²) < 4.78 is 10.4. The van der Waals surface area contributed by atoms with Crippen LogP contribution in [0.5, 0.6) is 11.5 Å². The molecule has 2 aromatic carbocycles. The van der Waals surface area contributed by atoms with Gasteiger partial charge in [-0.05, 0) is 24.3 Å². The molecule has 1 saturated heterocycles. The number of anilines is 1. The summed E-state index contributed by atoms with van der Waals surface area (Å²) in [5, 5.41) is 2.18. The summed E-state index contributed by atoms with van der Waals surface area (Å²) in [6.45, 7) is 0. The number of ether oxygens (including phenoxy) is 2. The summed E-state index contributed by atoms with van der Waals surface area (Å²) >= 11 is 0. The van der Waals surface area contributed by atoms with Crippen LogP contribution < -0.4 is 19.7 Å². The summed E-state index contributed by atoms with van der Waals surface area (Å²) in [6, 6.07) is 12.6. The molecule has 1 aliphatic rings. The summed E-state index contributed by atoms with van der Waals surface area (Å²) in [5.74, 6) is -0.497. The fourth-order valence-corrected chi connectivity index (χ4v) is 2.58. The Balaban J connectivity index is 2.04. The van der Waals surface area contributed by atoms with Crippen molar-refractivity contribution in [3.05, 3.63) is 59.7 Å². The largest absolute Gasteiger partial charge is 0.497 e. The van der Waals surface area contributed by atoms with Crippen LogP contribution in [0.4, 0.5) is 10.5 Å². The number of para-hydroxylation sites is 1. The van der Waals surface area contributed by atoms with Gasteiger partial charge in [-0.2, -0.15) is 0 Å². The highest BCUT2D eigenvalue weighted by molar-refractivity contribution is 6.39. The Morgan fingerprint density at radius 2 is 1.73 bits per heavy atom. The molecule has 0 atom stereocenters. The highest BCUT2D eigenvalue weighted by atomic mass is 16.5. The average Bonchev–Trinajstić information content (AvgIpc) is 2.65. The van der Waals surface area contributed by atoms with E-state index in [1.807, 2.05) is 0 Å².